The molecule has 0 aromatic heterocycles. The summed E-state index contributed by atoms with van der Waals surface area (Å²) in [5, 5.41) is 8.37. The molecular weight excluding hydrogens is 178 g/mol. The summed E-state index contributed by atoms with van der Waals surface area (Å²) in [5.41, 5.74) is 1.52. The van der Waals surface area contributed by atoms with Gasteiger partial charge in [-0.15, -0.1) is 0 Å². The monoisotopic (exact) mass is 189 g/mol. The fourth-order valence-corrected chi connectivity index (χ4v) is 1.15. The molecule has 0 N–H and O–H groups in total. The summed E-state index contributed by atoms with van der Waals surface area (Å²) >= 11 is 0. The molecule has 0 aliphatic rings. The molecular formula is C11H11NO2. The fraction of sp³-hybridized carbons (Fsp3) is 0.273. The molecule has 0 unspecified atom stereocenters. The summed E-state index contributed by atoms with van der Waals surface area (Å²) in [6.45, 7) is 3.34. The van der Waals surface area contributed by atoms with Crippen LogP contribution in [0.5, 0.6) is 5.75 Å². The number of benzene rings is 1. The second-order valence-electron chi connectivity index (χ2n) is 3.00. The summed E-state index contributed by atoms with van der Waals surface area (Å²) in [6, 6.07) is 7.18. The van der Waals surface area contributed by atoms with E-state index in [9.17, 15) is 4.79 Å². The third-order valence-corrected chi connectivity index (χ3v) is 1.81. The summed E-state index contributed by atoms with van der Waals surface area (Å²) in [6.07, 6.45) is 0. The molecule has 0 amide bonds. The van der Waals surface area contributed by atoms with Gasteiger partial charge in [-0.3, -0.25) is 4.79 Å². The lowest BCUT2D eigenvalue weighted by molar-refractivity contribution is 0.101. The summed E-state index contributed by atoms with van der Waals surface area (Å²) in [7, 11) is 0. The van der Waals surface area contributed by atoms with Crippen molar-refractivity contribution in [3.05, 3.63) is 29.3 Å². The lowest BCUT2D eigenvalue weighted by Crippen LogP contribution is -2.01. The van der Waals surface area contributed by atoms with Gasteiger partial charge in [0.05, 0.1) is 5.56 Å². The van der Waals surface area contributed by atoms with Crippen molar-refractivity contribution in [2.45, 2.75) is 13.8 Å². The molecule has 3 nitrogen and oxygen atoms in total. The van der Waals surface area contributed by atoms with Crippen molar-refractivity contribution in [3.8, 4) is 11.8 Å². The number of Topliss-reactive ketones (excluding diaryl/α,β-unsaturated/α-hetero) is 1. The lowest BCUT2D eigenvalue weighted by Gasteiger charge is -2.07. The van der Waals surface area contributed by atoms with Gasteiger partial charge in [0, 0.05) is 0 Å². The maximum absolute atomic E-state index is 11.2. The van der Waals surface area contributed by atoms with Crippen molar-refractivity contribution in [3.63, 3.8) is 0 Å². The first-order valence-corrected chi connectivity index (χ1v) is 4.26. The molecule has 0 radical (unpaired) electrons. The van der Waals surface area contributed by atoms with E-state index in [1.54, 1.807) is 12.1 Å². The molecule has 0 spiro atoms. The predicted molar refractivity (Wildman–Crippen MR) is 52.3 cm³/mol. The number of hydrogen-bond donors (Lipinski definition) is 0. The number of nitrogens with zero attached hydrogens (tertiary/aromatic N) is 1. The van der Waals surface area contributed by atoms with Crippen LogP contribution >= 0.6 is 0 Å². The third-order valence-electron chi connectivity index (χ3n) is 1.81. The van der Waals surface area contributed by atoms with Crippen LogP contribution in [-0.4, -0.2) is 12.4 Å². The average Bonchev–Trinajstić information content (AvgIpc) is 2.14. The minimum atomic E-state index is -0.0575. The highest BCUT2D eigenvalue weighted by Crippen LogP contribution is 2.20. The van der Waals surface area contributed by atoms with E-state index < -0.39 is 0 Å². The van der Waals surface area contributed by atoms with Crippen molar-refractivity contribution in [2.24, 2.45) is 0 Å². The van der Waals surface area contributed by atoms with Crippen LogP contribution in [0.2, 0.25) is 0 Å². The first kappa shape index (κ1) is 10.3. The molecule has 72 valence electrons. The zero-order valence-electron chi connectivity index (χ0n) is 8.20. The molecule has 1 rings (SSSR count). The van der Waals surface area contributed by atoms with Crippen molar-refractivity contribution in [1.29, 1.82) is 5.26 Å². The van der Waals surface area contributed by atoms with Crippen LogP contribution in [0.15, 0.2) is 18.2 Å². The first-order chi connectivity index (χ1) is 6.65. The van der Waals surface area contributed by atoms with E-state index in [0.717, 1.165) is 5.56 Å². The second-order valence-corrected chi connectivity index (χ2v) is 3.00. The lowest BCUT2D eigenvalue weighted by atomic mass is 10.1. The first-order valence-electron chi connectivity index (χ1n) is 4.26. The molecule has 0 heterocycles. The van der Waals surface area contributed by atoms with Gasteiger partial charge in [0.1, 0.15) is 11.8 Å². The number of carbonyl (C=O) groups excluding carboxylic acids is 1. The van der Waals surface area contributed by atoms with Gasteiger partial charge in [0.2, 0.25) is 0 Å². The van der Waals surface area contributed by atoms with E-state index >= 15 is 0 Å². The van der Waals surface area contributed by atoms with Gasteiger partial charge in [-0.05, 0) is 31.5 Å². The molecule has 1 aromatic rings. The van der Waals surface area contributed by atoms with E-state index in [4.69, 9.17) is 10.00 Å². The summed E-state index contributed by atoms with van der Waals surface area (Å²) in [4.78, 5) is 11.2. The van der Waals surface area contributed by atoms with Crippen molar-refractivity contribution in [1.82, 2.24) is 0 Å². The van der Waals surface area contributed by atoms with Crippen LogP contribution in [0, 0.1) is 18.3 Å². The maximum atomic E-state index is 11.2. The van der Waals surface area contributed by atoms with E-state index in [1.165, 1.54) is 6.92 Å². The normalized spacial score (nSPS) is 9.21. The Morgan fingerprint density at radius 2 is 2.29 bits per heavy atom. The van der Waals surface area contributed by atoms with Gasteiger partial charge in [-0.1, -0.05) is 6.07 Å². The Balaban J connectivity index is 3.04. The Bertz CT molecular complexity index is 391. The number of hydrogen-bond acceptors (Lipinski definition) is 3. The zero-order chi connectivity index (χ0) is 10.6. The topological polar surface area (TPSA) is 50.1 Å². The summed E-state index contributed by atoms with van der Waals surface area (Å²) in [5.74, 6) is 0.428. The smallest absolute Gasteiger partial charge is 0.174 e. The molecule has 0 aliphatic carbocycles. The molecule has 0 bridgehead atoms. The second kappa shape index (κ2) is 4.43. The van der Waals surface area contributed by atoms with Gasteiger partial charge in [0.25, 0.3) is 0 Å². The molecule has 0 saturated carbocycles. The van der Waals surface area contributed by atoms with E-state index in [-0.39, 0.29) is 12.4 Å². The molecule has 0 fully saturated rings. The number of aryl methyl sites for hydroxylation is 1. The van der Waals surface area contributed by atoms with Gasteiger partial charge in [-0.2, -0.15) is 5.26 Å². The predicted octanol–water partition coefficient (Wildman–Crippen LogP) is 2.10. The Kier molecular flexibility index (Phi) is 3.24. The Morgan fingerprint density at radius 3 is 2.86 bits per heavy atom. The van der Waals surface area contributed by atoms with Gasteiger partial charge in [-0.25, -0.2) is 0 Å². The zero-order valence-corrected chi connectivity index (χ0v) is 8.20. The highest BCUT2D eigenvalue weighted by molar-refractivity contribution is 5.96. The average molecular weight is 189 g/mol. The van der Waals surface area contributed by atoms with Gasteiger partial charge < -0.3 is 4.74 Å². The molecule has 3 heteroatoms. The highest BCUT2D eigenvalue weighted by atomic mass is 16.5. The van der Waals surface area contributed by atoms with Crippen molar-refractivity contribution >= 4 is 5.78 Å². The Morgan fingerprint density at radius 1 is 1.57 bits per heavy atom. The Labute approximate surface area is 82.9 Å². The van der Waals surface area contributed by atoms with Crippen LogP contribution in [0.1, 0.15) is 22.8 Å². The number of rotatable bonds is 3. The van der Waals surface area contributed by atoms with Crippen LogP contribution in [-0.2, 0) is 0 Å². The van der Waals surface area contributed by atoms with E-state index in [1.807, 2.05) is 19.1 Å². The van der Waals surface area contributed by atoms with Crippen LogP contribution in [0.3, 0.4) is 0 Å². The van der Waals surface area contributed by atoms with Crippen LogP contribution < -0.4 is 4.74 Å². The third kappa shape index (κ3) is 2.33. The van der Waals surface area contributed by atoms with Gasteiger partial charge in [0.15, 0.2) is 12.4 Å². The van der Waals surface area contributed by atoms with Crippen LogP contribution in [0.4, 0.5) is 0 Å². The number of carbonyl (C=O) groups is 1. The SMILES string of the molecule is CC(=O)c1ccc(C)cc1OCC#N. The van der Waals surface area contributed by atoms with Crippen molar-refractivity contribution in [2.75, 3.05) is 6.61 Å². The molecule has 14 heavy (non-hydrogen) atoms. The van der Waals surface area contributed by atoms with Crippen molar-refractivity contribution < 1.29 is 9.53 Å². The minimum Gasteiger partial charge on any atom is -0.478 e. The van der Waals surface area contributed by atoms with E-state index in [2.05, 4.69) is 0 Å². The van der Waals surface area contributed by atoms with E-state index in [0.29, 0.717) is 11.3 Å². The number of nitriles is 1. The molecule has 1 aromatic carbocycles. The fourth-order valence-electron chi connectivity index (χ4n) is 1.15. The molecule has 0 saturated heterocycles. The van der Waals surface area contributed by atoms with Gasteiger partial charge >= 0.3 is 0 Å². The minimum absolute atomic E-state index is 0.0380. The number of ether oxygens (including phenoxy) is 1. The Hall–Kier alpha value is -1.82. The largest absolute Gasteiger partial charge is 0.478 e. The maximum Gasteiger partial charge on any atom is 0.174 e. The summed E-state index contributed by atoms with van der Waals surface area (Å²) < 4.78 is 5.15. The highest BCUT2D eigenvalue weighted by Gasteiger charge is 2.07. The quantitative estimate of drug-likeness (QED) is 0.684. The molecule has 0 aliphatic heterocycles. The number of ketones is 1. The standard InChI is InChI=1S/C11H11NO2/c1-8-3-4-10(9(2)13)11(7-8)14-6-5-12/h3-4,7H,6H2,1-2H3. The van der Waals surface area contributed by atoms with Crippen LogP contribution in [0.25, 0.3) is 0 Å². The molecule has 0 atom stereocenters.